The first-order valence-corrected chi connectivity index (χ1v) is 10.2. The first-order chi connectivity index (χ1) is 14.3. The van der Waals surface area contributed by atoms with Crippen LogP contribution in [-0.2, 0) is 6.54 Å². The molecule has 0 saturated carbocycles. The molecule has 0 spiro atoms. The number of aromatic nitrogens is 1. The van der Waals surface area contributed by atoms with Crippen LogP contribution in [0, 0.1) is 0 Å². The highest BCUT2D eigenvalue weighted by Gasteiger charge is 2.26. The summed E-state index contributed by atoms with van der Waals surface area (Å²) in [5.41, 5.74) is 2.99. The van der Waals surface area contributed by atoms with Crippen molar-refractivity contribution >= 4 is 23.1 Å². The van der Waals surface area contributed by atoms with E-state index < -0.39 is 0 Å². The van der Waals surface area contributed by atoms with E-state index in [1.807, 2.05) is 30.3 Å². The Morgan fingerprint density at radius 2 is 1.76 bits per heavy atom. The lowest BCUT2D eigenvalue weighted by molar-refractivity contribution is 0.175. The van der Waals surface area contributed by atoms with Crippen molar-refractivity contribution in [3.63, 3.8) is 0 Å². The van der Waals surface area contributed by atoms with E-state index in [4.69, 9.17) is 21.3 Å². The van der Waals surface area contributed by atoms with Gasteiger partial charge in [-0.2, -0.15) is 0 Å². The Labute approximate surface area is 175 Å². The van der Waals surface area contributed by atoms with Crippen molar-refractivity contribution in [2.45, 2.75) is 6.54 Å². The van der Waals surface area contributed by atoms with Gasteiger partial charge in [-0.15, -0.1) is 0 Å². The Bertz CT molecular complexity index is 1050. The number of piperazine rings is 1. The van der Waals surface area contributed by atoms with Gasteiger partial charge in [0.2, 0.25) is 5.88 Å². The molecule has 0 N–H and O–H groups in total. The van der Waals surface area contributed by atoms with Crippen LogP contribution in [0.5, 0.6) is 11.6 Å². The summed E-state index contributed by atoms with van der Waals surface area (Å²) in [6.07, 6.45) is 1.75. The van der Waals surface area contributed by atoms with Gasteiger partial charge in [-0.1, -0.05) is 41.9 Å². The van der Waals surface area contributed by atoms with Crippen molar-refractivity contribution in [1.82, 2.24) is 14.8 Å². The minimum atomic E-state index is 0.582. The lowest BCUT2D eigenvalue weighted by Crippen LogP contribution is -2.48. The van der Waals surface area contributed by atoms with Gasteiger partial charge in [0, 0.05) is 43.9 Å². The first-order valence-electron chi connectivity index (χ1n) is 9.79. The number of amidine groups is 1. The molecule has 0 radical (unpaired) electrons. The van der Waals surface area contributed by atoms with Gasteiger partial charge in [0.05, 0.1) is 5.56 Å². The van der Waals surface area contributed by atoms with Gasteiger partial charge in [-0.05, 0) is 35.9 Å². The zero-order valence-electron chi connectivity index (χ0n) is 16.0. The Kier molecular flexibility index (Phi) is 4.92. The van der Waals surface area contributed by atoms with Gasteiger partial charge in [-0.25, -0.2) is 9.98 Å². The molecule has 5 rings (SSSR count). The maximum atomic E-state index is 6.21. The molecule has 3 aromatic rings. The van der Waals surface area contributed by atoms with E-state index in [0.717, 1.165) is 49.8 Å². The predicted molar refractivity (Wildman–Crippen MR) is 115 cm³/mol. The maximum Gasteiger partial charge on any atom is 0.230 e. The van der Waals surface area contributed by atoms with Crippen LogP contribution in [0.1, 0.15) is 11.1 Å². The van der Waals surface area contributed by atoms with E-state index in [2.05, 4.69) is 45.1 Å². The number of hydrogen-bond acceptors (Lipinski definition) is 5. The summed E-state index contributed by atoms with van der Waals surface area (Å²) in [5.74, 6) is 2.15. The molecule has 29 heavy (non-hydrogen) atoms. The van der Waals surface area contributed by atoms with Gasteiger partial charge in [0.25, 0.3) is 0 Å². The fourth-order valence-corrected chi connectivity index (χ4v) is 3.95. The molecule has 5 nitrogen and oxygen atoms in total. The van der Waals surface area contributed by atoms with Gasteiger partial charge in [0.15, 0.2) is 5.75 Å². The van der Waals surface area contributed by atoms with Crippen LogP contribution in [0.2, 0.25) is 5.02 Å². The highest BCUT2D eigenvalue weighted by molar-refractivity contribution is 6.31. The summed E-state index contributed by atoms with van der Waals surface area (Å²) in [5, 5.41) is 0.641. The zero-order valence-corrected chi connectivity index (χ0v) is 16.7. The van der Waals surface area contributed by atoms with Gasteiger partial charge >= 0.3 is 0 Å². The molecule has 146 valence electrons. The van der Waals surface area contributed by atoms with E-state index in [1.165, 1.54) is 5.56 Å². The van der Waals surface area contributed by atoms with Crippen molar-refractivity contribution in [2.75, 3.05) is 26.2 Å². The van der Waals surface area contributed by atoms with Crippen molar-refractivity contribution in [1.29, 1.82) is 0 Å². The number of nitrogens with zero attached hydrogens (tertiary/aromatic N) is 4. The van der Waals surface area contributed by atoms with Crippen molar-refractivity contribution < 1.29 is 4.74 Å². The molecule has 1 aromatic heterocycles. The van der Waals surface area contributed by atoms with Crippen LogP contribution in [0.15, 0.2) is 71.9 Å². The summed E-state index contributed by atoms with van der Waals surface area (Å²) in [4.78, 5) is 14.2. The molecule has 0 atom stereocenters. The third-order valence-electron chi connectivity index (χ3n) is 5.29. The molecular weight excluding hydrogens is 384 g/mol. The van der Waals surface area contributed by atoms with E-state index in [-0.39, 0.29) is 0 Å². The number of rotatable bonds is 2. The number of fused-ring (bicyclic) bond motifs is 2. The molecule has 2 aromatic carbocycles. The number of aliphatic imine (C=N–C) groups is 1. The molecular formula is C23H21ClN4O. The summed E-state index contributed by atoms with van der Waals surface area (Å²) < 4.78 is 6.06. The smallest absolute Gasteiger partial charge is 0.230 e. The monoisotopic (exact) mass is 404 g/mol. The Balaban J connectivity index is 1.41. The molecule has 6 heteroatoms. The standard InChI is InChI=1S/C23H21ClN4O/c24-18-8-9-21-20(15-18)26-22(19-7-4-10-25-23(19)29-21)28-13-11-27(12-14-28)16-17-5-2-1-3-6-17/h1-10,15H,11-14,16H2. The normalized spacial score (nSPS) is 16.3. The zero-order chi connectivity index (χ0) is 19.6. The van der Waals surface area contributed by atoms with Crippen molar-refractivity contribution in [3.05, 3.63) is 83.0 Å². The summed E-state index contributed by atoms with van der Waals surface area (Å²) in [7, 11) is 0. The topological polar surface area (TPSA) is 41.0 Å². The van der Waals surface area contributed by atoms with Crippen molar-refractivity contribution in [3.8, 4) is 11.6 Å². The summed E-state index contributed by atoms with van der Waals surface area (Å²) >= 11 is 6.21. The van der Waals surface area contributed by atoms with Crippen LogP contribution in [0.4, 0.5) is 5.69 Å². The minimum Gasteiger partial charge on any atom is -0.436 e. The highest BCUT2D eigenvalue weighted by Crippen LogP contribution is 2.38. The maximum absolute atomic E-state index is 6.21. The van der Waals surface area contributed by atoms with Crippen LogP contribution in [0.25, 0.3) is 0 Å². The van der Waals surface area contributed by atoms with Crippen molar-refractivity contribution in [2.24, 2.45) is 4.99 Å². The number of pyridine rings is 1. The number of benzene rings is 2. The van der Waals surface area contributed by atoms with E-state index >= 15 is 0 Å². The van der Waals surface area contributed by atoms with E-state index in [9.17, 15) is 0 Å². The number of ether oxygens (including phenoxy) is 1. The molecule has 1 saturated heterocycles. The predicted octanol–water partition coefficient (Wildman–Crippen LogP) is 4.74. The molecule has 1 fully saturated rings. The molecule has 2 aliphatic rings. The molecule has 0 amide bonds. The minimum absolute atomic E-state index is 0.582. The SMILES string of the molecule is Clc1ccc2c(c1)N=C(N1CCN(Cc3ccccc3)CC1)c1cccnc1O2. The third-order valence-corrected chi connectivity index (χ3v) is 5.52. The lowest BCUT2D eigenvalue weighted by Gasteiger charge is -2.36. The average molecular weight is 405 g/mol. The Morgan fingerprint density at radius 1 is 0.931 bits per heavy atom. The second-order valence-corrected chi connectivity index (χ2v) is 7.69. The fourth-order valence-electron chi connectivity index (χ4n) is 3.79. The fraction of sp³-hybridized carbons (Fsp3) is 0.217. The van der Waals surface area contributed by atoms with E-state index in [0.29, 0.717) is 16.7 Å². The summed E-state index contributed by atoms with van der Waals surface area (Å²) in [6, 6.07) is 20.1. The number of hydrogen-bond donors (Lipinski definition) is 0. The lowest BCUT2D eigenvalue weighted by atomic mass is 10.1. The third kappa shape index (κ3) is 3.84. The quantitative estimate of drug-likeness (QED) is 0.618. The molecule has 0 aliphatic carbocycles. The van der Waals surface area contributed by atoms with Gasteiger partial charge < -0.3 is 9.64 Å². The Morgan fingerprint density at radius 3 is 2.59 bits per heavy atom. The van der Waals surface area contributed by atoms with Crippen LogP contribution in [-0.4, -0.2) is 46.8 Å². The van der Waals surface area contributed by atoms with Crippen LogP contribution >= 0.6 is 11.6 Å². The summed E-state index contributed by atoms with van der Waals surface area (Å²) in [6.45, 7) is 4.73. The molecule has 2 aliphatic heterocycles. The average Bonchev–Trinajstić information content (AvgIpc) is 2.92. The molecule has 0 bridgehead atoms. The molecule has 3 heterocycles. The van der Waals surface area contributed by atoms with Gasteiger partial charge in [-0.3, -0.25) is 4.90 Å². The first kappa shape index (κ1) is 18.2. The van der Waals surface area contributed by atoms with Crippen LogP contribution in [0.3, 0.4) is 0 Å². The largest absolute Gasteiger partial charge is 0.436 e. The second-order valence-electron chi connectivity index (χ2n) is 7.25. The Hall–Kier alpha value is -2.89. The molecule has 0 unspecified atom stereocenters. The highest BCUT2D eigenvalue weighted by atomic mass is 35.5. The second kappa shape index (κ2) is 7.85. The van der Waals surface area contributed by atoms with E-state index in [1.54, 1.807) is 6.20 Å². The number of halogens is 1. The van der Waals surface area contributed by atoms with Gasteiger partial charge in [0.1, 0.15) is 11.5 Å². The van der Waals surface area contributed by atoms with Crippen LogP contribution < -0.4 is 4.74 Å².